The summed E-state index contributed by atoms with van der Waals surface area (Å²) in [5.74, 6) is 0. The Labute approximate surface area is 135 Å². The third-order valence-electron chi connectivity index (χ3n) is 4.59. The number of furan rings is 1. The highest BCUT2D eigenvalue weighted by Crippen LogP contribution is 2.30. The first-order valence-corrected chi connectivity index (χ1v) is 9.55. The van der Waals surface area contributed by atoms with Crippen LogP contribution in [0.3, 0.4) is 0 Å². The van der Waals surface area contributed by atoms with E-state index in [0.717, 1.165) is 42.0 Å². The van der Waals surface area contributed by atoms with E-state index in [1.165, 1.54) is 6.42 Å². The maximum absolute atomic E-state index is 12.6. The molecule has 1 heterocycles. The van der Waals surface area contributed by atoms with Gasteiger partial charge in [-0.25, -0.2) is 13.1 Å². The van der Waals surface area contributed by atoms with Crippen molar-refractivity contribution in [1.29, 1.82) is 0 Å². The Kier molecular flexibility index (Phi) is 3.62. The largest absolute Gasteiger partial charge is 0.456 e. The SMILES string of the molecule is O=S(=O)(NC1CCCCC1)c1ccc2c(c1)oc1ccccc12. The highest BCUT2D eigenvalue weighted by molar-refractivity contribution is 7.89. The number of hydrogen-bond donors (Lipinski definition) is 1. The van der Waals surface area contributed by atoms with E-state index in [9.17, 15) is 8.42 Å². The first-order chi connectivity index (χ1) is 11.1. The van der Waals surface area contributed by atoms with Gasteiger partial charge in [-0.15, -0.1) is 0 Å². The van der Waals surface area contributed by atoms with Crippen LogP contribution in [0.2, 0.25) is 0 Å². The summed E-state index contributed by atoms with van der Waals surface area (Å²) in [4.78, 5) is 0.273. The maximum Gasteiger partial charge on any atom is 0.240 e. The fourth-order valence-electron chi connectivity index (χ4n) is 3.38. The van der Waals surface area contributed by atoms with Gasteiger partial charge in [0.05, 0.1) is 4.90 Å². The van der Waals surface area contributed by atoms with Crippen molar-refractivity contribution in [2.75, 3.05) is 0 Å². The van der Waals surface area contributed by atoms with Crippen LogP contribution in [-0.4, -0.2) is 14.5 Å². The molecule has 1 saturated carbocycles. The summed E-state index contributed by atoms with van der Waals surface area (Å²) >= 11 is 0. The molecule has 1 fully saturated rings. The van der Waals surface area contributed by atoms with Crippen molar-refractivity contribution in [1.82, 2.24) is 4.72 Å². The van der Waals surface area contributed by atoms with Crippen molar-refractivity contribution in [2.24, 2.45) is 0 Å². The lowest BCUT2D eigenvalue weighted by molar-refractivity contribution is 0.412. The highest BCUT2D eigenvalue weighted by Gasteiger charge is 2.22. The van der Waals surface area contributed by atoms with E-state index in [1.807, 2.05) is 30.3 Å². The van der Waals surface area contributed by atoms with Crippen LogP contribution in [0.15, 0.2) is 51.8 Å². The third-order valence-corrected chi connectivity index (χ3v) is 6.11. The van der Waals surface area contributed by atoms with Crippen LogP contribution in [0.25, 0.3) is 21.9 Å². The molecule has 0 amide bonds. The van der Waals surface area contributed by atoms with Gasteiger partial charge >= 0.3 is 0 Å². The molecule has 23 heavy (non-hydrogen) atoms. The molecule has 4 nitrogen and oxygen atoms in total. The molecule has 0 aliphatic heterocycles. The second kappa shape index (κ2) is 5.65. The molecule has 0 unspecified atom stereocenters. The standard InChI is InChI=1S/C18H19NO3S/c20-23(21,19-13-6-2-1-3-7-13)14-10-11-16-15-8-4-5-9-17(15)22-18(16)12-14/h4-5,8-13,19H,1-3,6-7H2. The van der Waals surface area contributed by atoms with Crippen molar-refractivity contribution in [3.05, 3.63) is 42.5 Å². The van der Waals surface area contributed by atoms with Gasteiger partial charge in [-0.2, -0.15) is 0 Å². The molecule has 4 rings (SSSR count). The number of fused-ring (bicyclic) bond motifs is 3. The zero-order valence-electron chi connectivity index (χ0n) is 12.8. The lowest BCUT2D eigenvalue weighted by atomic mass is 9.96. The van der Waals surface area contributed by atoms with Crippen LogP contribution >= 0.6 is 0 Å². The minimum Gasteiger partial charge on any atom is -0.456 e. The fraction of sp³-hybridized carbons (Fsp3) is 0.333. The second-order valence-electron chi connectivity index (χ2n) is 6.21. The molecule has 3 aromatic rings. The second-order valence-corrected chi connectivity index (χ2v) is 7.93. The van der Waals surface area contributed by atoms with Gasteiger partial charge in [0.2, 0.25) is 10.0 Å². The van der Waals surface area contributed by atoms with E-state index in [2.05, 4.69) is 4.72 Å². The summed E-state index contributed by atoms with van der Waals surface area (Å²) in [6.07, 6.45) is 5.23. The van der Waals surface area contributed by atoms with Crippen molar-refractivity contribution in [3.63, 3.8) is 0 Å². The summed E-state index contributed by atoms with van der Waals surface area (Å²) in [6.45, 7) is 0. The van der Waals surface area contributed by atoms with Crippen LogP contribution in [0.4, 0.5) is 0 Å². The Morgan fingerprint density at radius 2 is 1.65 bits per heavy atom. The van der Waals surface area contributed by atoms with E-state index < -0.39 is 10.0 Å². The first kappa shape index (κ1) is 14.7. The van der Waals surface area contributed by atoms with Crippen LogP contribution in [0, 0.1) is 0 Å². The monoisotopic (exact) mass is 329 g/mol. The zero-order valence-corrected chi connectivity index (χ0v) is 13.6. The third kappa shape index (κ3) is 2.75. The fourth-order valence-corrected chi connectivity index (χ4v) is 4.70. The van der Waals surface area contributed by atoms with Gasteiger partial charge in [0.25, 0.3) is 0 Å². The molecule has 2 aromatic carbocycles. The summed E-state index contributed by atoms with van der Waals surface area (Å²) in [5.41, 5.74) is 1.38. The molecule has 0 bridgehead atoms. The summed E-state index contributed by atoms with van der Waals surface area (Å²) < 4.78 is 33.8. The number of para-hydroxylation sites is 1. The van der Waals surface area contributed by atoms with Gasteiger partial charge in [0.15, 0.2) is 0 Å². The maximum atomic E-state index is 12.6. The average molecular weight is 329 g/mol. The Balaban J connectivity index is 1.71. The summed E-state index contributed by atoms with van der Waals surface area (Å²) in [6, 6.07) is 12.9. The molecule has 1 N–H and O–H groups in total. The van der Waals surface area contributed by atoms with Crippen molar-refractivity contribution in [3.8, 4) is 0 Å². The number of hydrogen-bond acceptors (Lipinski definition) is 3. The average Bonchev–Trinajstić information content (AvgIpc) is 2.93. The molecule has 120 valence electrons. The molecular weight excluding hydrogens is 310 g/mol. The van der Waals surface area contributed by atoms with Crippen molar-refractivity contribution >= 4 is 32.0 Å². The number of nitrogens with one attached hydrogen (secondary N) is 1. The van der Waals surface area contributed by atoms with E-state index in [0.29, 0.717) is 5.58 Å². The minimum atomic E-state index is -3.50. The van der Waals surface area contributed by atoms with Crippen LogP contribution in [-0.2, 0) is 10.0 Å². The lowest BCUT2D eigenvalue weighted by Crippen LogP contribution is -2.36. The highest BCUT2D eigenvalue weighted by atomic mass is 32.2. The lowest BCUT2D eigenvalue weighted by Gasteiger charge is -2.22. The van der Waals surface area contributed by atoms with Crippen LogP contribution in [0.5, 0.6) is 0 Å². The predicted octanol–water partition coefficient (Wildman–Crippen LogP) is 4.20. The molecule has 0 spiro atoms. The molecule has 1 aromatic heterocycles. The quantitative estimate of drug-likeness (QED) is 0.783. The topological polar surface area (TPSA) is 59.3 Å². The van der Waals surface area contributed by atoms with E-state index in [1.54, 1.807) is 12.1 Å². The van der Waals surface area contributed by atoms with Crippen molar-refractivity contribution < 1.29 is 12.8 Å². The normalized spacial score (nSPS) is 17.0. The first-order valence-electron chi connectivity index (χ1n) is 8.07. The van der Waals surface area contributed by atoms with E-state index in [-0.39, 0.29) is 10.9 Å². The Hall–Kier alpha value is -1.85. The molecule has 1 aliphatic carbocycles. The molecule has 5 heteroatoms. The van der Waals surface area contributed by atoms with Gasteiger partial charge in [0.1, 0.15) is 11.2 Å². The van der Waals surface area contributed by atoms with Gasteiger partial charge in [-0.3, -0.25) is 0 Å². The van der Waals surface area contributed by atoms with Gasteiger partial charge in [-0.1, -0.05) is 37.5 Å². The number of benzene rings is 2. The Morgan fingerprint density at radius 1 is 0.913 bits per heavy atom. The Morgan fingerprint density at radius 3 is 2.48 bits per heavy atom. The summed E-state index contributed by atoms with van der Waals surface area (Å²) in [7, 11) is -3.50. The van der Waals surface area contributed by atoms with Gasteiger partial charge in [0, 0.05) is 22.9 Å². The molecule has 0 radical (unpaired) electrons. The van der Waals surface area contributed by atoms with E-state index >= 15 is 0 Å². The van der Waals surface area contributed by atoms with Crippen LogP contribution in [0.1, 0.15) is 32.1 Å². The number of rotatable bonds is 3. The van der Waals surface area contributed by atoms with Crippen LogP contribution < -0.4 is 4.72 Å². The molecule has 0 saturated heterocycles. The Bertz CT molecular complexity index is 953. The van der Waals surface area contributed by atoms with Gasteiger partial charge < -0.3 is 4.42 Å². The zero-order chi connectivity index (χ0) is 15.9. The van der Waals surface area contributed by atoms with Crippen molar-refractivity contribution in [2.45, 2.75) is 43.0 Å². The van der Waals surface area contributed by atoms with Gasteiger partial charge in [-0.05, 0) is 31.0 Å². The molecule has 1 aliphatic rings. The summed E-state index contributed by atoms with van der Waals surface area (Å²) in [5, 5.41) is 1.95. The molecule has 0 atom stereocenters. The van der Waals surface area contributed by atoms with E-state index in [4.69, 9.17) is 4.42 Å². The number of sulfonamides is 1. The smallest absolute Gasteiger partial charge is 0.240 e. The predicted molar refractivity (Wildman–Crippen MR) is 90.9 cm³/mol. The minimum absolute atomic E-state index is 0.0557. The molecular formula is C18H19NO3S.